The lowest BCUT2D eigenvalue weighted by Crippen LogP contribution is -2.13. The van der Waals surface area contributed by atoms with Crippen molar-refractivity contribution in [3.05, 3.63) is 57.9 Å². The van der Waals surface area contributed by atoms with Crippen molar-refractivity contribution in [2.24, 2.45) is 5.16 Å². The first-order valence-corrected chi connectivity index (χ1v) is 7.98. The summed E-state index contributed by atoms with van der Waals surface area (Å²) in [5.41, 5.74) is 8.79. The van der Waals surface area contributed by atoms with Crippen LogP contribution in [0.25, 0.3) is 0 Å². The summed E-state index contributed by atoms with van der Waals surface area (Å²) in [6.45, 7) is 2.09. The molecule has 0 aliphatic carbocycles. The molecule has 2 N–H and O–H groups in total. The standard InChI is InChI=1S/C17H15BClN3O3/c1-9-2-4-10(5-3-9)8-24-17(23)16-15(19)11(20)6-12(21-16)13-7-14(18)22-25-13/h2-6,13H,7-8H2,1H3,(H2,20,21). The van der Waals surface area contributed by atoms with Crippen molar-refractivity contribution in [1.82, 2.24) is 4.98 Å². The predicted molar refractivity (Wildman–Crippen MR) is 95.6 cm³/mol. The van der Waals surface area contributed by atoms with E-state index >= 15 is 0 Å². The van der Waals surface area contributed by atoms with Crippen LogP contribution in [-0.2, 0) is 16.2 Å². The number of hydrogen-bond acceptors (Lipinski definition) is 6. The molecular formula is C17H15BClN3O3. The molecule has 8 heteroatoms. The number of nitrogens with two attached hydrogens (primary N) is 1. The van der Waals surface area contributed by atoms with E-state index < -0.39 is 12.1 Å². The molecule has 0 saturated carbocycles. The average molecular weight is 356 g/mol. The third kappa shape index (κ3) is 3.93. The minimum absolute atomic E-state index is 0.0459. The lowest BCUT2D eigenvalue weighted by molar-refractivity contribution is 0.0462. The maximum absolute atomic E-state index is 12.4. The van der Waals surface area contributed by atoms with Crippen LogP contribution in [-0.4, -0.2) is 24.4 Å². The van der Waals surface area contributed by atoms with E-state index in [4.69, 9.17) is 34.8 Å². The van der Waals surface area contributed by atoms with Gasteiger partial charge in [0.1, 0.15) is 14.5 Å². The number of oxime groups is 1. The van der Waals surface area contributed by atoms with Crippen LogP contribution in [0.5, 0.6) is 0 Å². The van der Waals surface area contributed by atoms with E-state index in [1.54, 1.807) is 0 Å². The molecule has 0 saturated heterocycles. The molecule has 0 bridgehead atoms. The summed E-state index contributed by atoms with van der Waals surface area (Å²) in [7, 11) is 5.60. The normalized spacial score (nSPS) is 16.2. The molecule has 6 nitrogen and oxygen atoms in total. The van der Waals surface area contributed by atoms with Gasteiger partial charge in [-0.05, 0) is 18.6 Å². The van der Waals surface area contributed by atoms with Gasteiger partial charge in [-0.25, -0.2) is 9.78 Å². The number of rotatable bonds is 4. The molecule has 2 aromatic rings. The molecule has 0 fully saturated rings. The Bertz CT molecular complexity index is 840. The quantitative estimate of drug-likeness (QED) is 0.673. The predicted octanol–water partition coefficient (Wildman–Crippen LogP) is 2.93. The van der Waals surface area contributed by atoms with Gasteiger partial charge in [0.05, 0.1) is 16.4 Å². The van der Waals surface area contributed by atoms with E-state index in [1.807, 2.05) is 31.2 Å². The fraction of sp³-hybridized carbons (Fsp3) is 0.235. The number of aryl methyl sites for hydroxylation is 1. The largest absolute Gasteiger partial charge is 0.456 e. The van der Waals surface area contributed by atoms with E-state index in [0.717, 1.165) is 11.1 Å². The van der Waals surface area contributed by atoms with Crippen LogP contribution < -0.4 is 5.73 Å². The second-order valence-corrected chi connectivity index (χ2v) is 6.12. The van der Waals surface area contributed by atoms with Gasteiger partial charge in [0, 0.05) is 12.0 Å². The minimum atomic E-state index is -0.661. The Morgan fingerprint density at radius 2 is 2.16 bits per heavy atom. The zero-order chi connectivity index (χ0) is 18.0. The summed E-state index contributed by atoms with van der Waals surface area (Å²) >= 11 is 6.12. The first-order chi connectivity index (χ1) is 11.9. The smallest absolute Gasteiger partial charge is 0.358 e. The molecule has 126 valence electrons. The Hall–Kier alpha value is -2.54. The summed E-state index contributed by atoms with van der Waals surface area (Å²) < 4.78 is 5.29. The van der Waals surface area contributed by atoms with Crippen LogP contribution in [0.2, 0.25) is 5.02 Å². The number of hydrogen-bond donors (Lipinski definition) is 1. The van der Waals surface area contributed by atoms with Gasteiger partial charge in [0.2, 0.25) is 0 Å². The monoisotopic (exact) mass is 355 g/mol. The number of carbonyl (C=O) groups excluding carboxylic acids is 1. The molecule has 1 aliphatic heterocycles. The number of pyridine rings is 1. The topological polar surface area (TPSA) is 86.8 Å². The van der Waals surface area contributed by atoms with Crippen molar-refractivity contribution in [2.75, 3.05) is 5.73 Å². The second-order valence-electron chi connectivity index (χ2n) is 5.74. The van der Waals surface area contributed by atoms with Crippen molar-refractivity contribution in [2.45, 2.75) is 26.1 Å². The van der Waals surface area contributed by atoms with E-state index in [9.17, 15) is 4.79 Å². The van der Waals surface area contributed by atoms with Crippen LogP contribution in [0.1, 0.15) is 39.8 Å². The number of anilines is 1. The Kier molecular flexibility index (Phi) is 4.94. The van der Waals surface area contributed by atoms with Gasteiger partial charge < -0.3 is 15.3 Å². The van der Waals surface area contributed by atoms with Crippen LogP contribution in [0.4, 0.5) is 5.69 Å². The highest BCUT2D eigenvalue weighted by Gasteiger charge is 2.25. The lowest BCUT2D eigenvalue weighted by Gasteiger charge is -2.12. The molecule has 1 unspecified atom stereocenters. The lowest BCUT2D eigenvalue weighted by atomic mass is 9.95. The van der Waals surface area contributed by atoms with Crippen LogP contribution in [0.3, 0.4) is 0 Å². The van der Waals surface area contributed by atoms with Gasteiger partial charge in [0.25, 0.3) is 0 Å². The molecule has 1 aromatic carbocycles. The second kappa shape index (κ2) is 7.15. The summed E-state index contributed by atoms with van der Waals surface area (Å²) in [5, 5.41) is 3.71. The van der Waals surface area contributed by atoms with Crippen LogP contribution in [0.15, 0.2) is 35.5 Å². The third-order valence-electron chi connectivity index (χ3n) is 3.71. The minimum Gasteiger partial charge on any atom is -0.456 e. The number of benzene rings is 1. The first kappa shape index (κ1) is 17.3. The van der Waals surface area contributed by atoms with Crippen molar-refractivity contribution >= 4 is 36.7 Å². The van der Waals surface area contributed by atoms with Crippen molar-refractivity contribution in [3.63, 3.8) is 0 Å². The highest BCUT2D eigenvalue weighted by Crippen LogP contribution is 2.31. The molecule has 0 spiro atoms. The molecule has 0 amide bonds. The van der Waals surface area contributed by atoms with Crippen LogP contribution >= 0.6 is 11.6 Å². The molecule has 3 rings (SSSR count). The number of nitrogen functional groups attached to an aromatic ring is 1. The van der Waals surface area contributed by atoms with Crippen LogP contribution in [0, 0.1) is 6.92 Å². The van der Waals surface area contributed by atoms with Gasteiger partial charge >= 0.3 is 5.97 Å². The highest BCUT2D eigenvalue weighted by molar-refractivity contribution is 6.59. The van der Waals surface area contributed by atoms with Crippen molar-refractivity contribution < 1.29 is 14.4 Å². The van der Waals surface area contributed by atoms with Crippen molar-refractivity contribution in [3.8, 4) is 0 Å². The zero-order valence-corrected chi connectivity index (χ0v) is 14.3. The average Bonchev–Trinajstić information content (AvgIpc) is 3.03. The highest BCUT2D eigenvalue weighted by atomic mass is 35.5. The molecule has 2 radical (unpaired) electrons. The summed E-state index contributed by atoms with van der Waals surface area (Å²) in [6, 6.07) is 9.19. The van der Waals surface area contributed by atoms with Gasteiger partial charge in [-0.1, -0.05) is 41.4 Å². The zero-order valence-electron chi connectivity index (χ0n) is 13.5. The maximum atomic E-state index is 12.4. The SMILES string of the molecule is [B]C1=NOC(c2cc(N)c(Cl)c(C(=O)OCc3ccc(C)cc3)n2)C1. The number of ether oxygens (including phenoxy) is 1. The van der Waals surface area contributed by atoms with Gasteiger partial charge in [0.15, 0.2) is 11.8 Å². The maximum Gasteiger partial charge on any atom is 0.358 e. The molecular weight excluding hydrogens is 340 g/mol. The Morgan fingerprint density at radius 3 is 2.80 bits per heavy atom. The Labute approximate surface area is 151 Å². The first-order valence-electron chi connectivity index (χ1n) is 7.61. The fourth-order valence-electron chi connectivity index (χ4n) is 2.33. The number of esters is 1. The van der Waals surface area contributed by atoms with E-state index in [1.165, 1.54) is 6.07 Å². The molecule has 1 atom stereocenters. The number of nitrogens with zero attached hydrogens (tertiary/aromatic N) is 2. The molecule has 2 heterocycles. The number of aromatic nitrogens is 1. The number of carbonyl (C=O) groups is 1. The van der Waals surface area contributed by atoms with E-state index in [0.29, 0.717) is 17.7 Å². The summed E-state index contributed by atoms with van der Waals surface area (Å²) in [4.78, 5) is 21.8. The summed E-state index contributed by atoms with van der Waals surface area (Å²) in [5.74, 6) is -0.661. The fourth-order valence-corrected chi connectivity index (χ4v) is 2.50. The molecule has 1 aliphatic rings. The Morgan fingerprint density at radius 1 is 1.44 bits per heavy atom. The van der Waals surface area contributed by atoms with Gasteiger partial charge in [-0.3, -0.25) is 0 Å². The summed E-state index contributed by atoms with van der Waals surface area (Å²) in [6.07, 6.45) is -0.130. The molecule has 25 heavy (non-hydrogen) atoms. The number of halogens is 1. The van der Waals surface area contributed by atoms with Gasteiger partial charge in [-0.15, -0.1) is 5.16 Å². The van der Waals surface area contributed by atoms with E-state index in [-0.39, 0.29) is 23.0 Å². The van der Waals surface area contributed by atoms with Crippen molar-refractivity contribution in [1.29, 1.82) is 0 Å². The molecule has 1 aromatic heterocycles. The van der Waals surface area contributed by atoms with Gasteiger partial charge in [-0.2, -0.15) is 0 Å². The van der Waals surface area contributed by atoms with E-state index in [2.05, 4.69) is 10.1 Å². The third-order valence-corrected chi connectivity index (χ3v) is 4.11. The Balaban J connectivity index is 1.77.